The predicted octanol–water partition coefficient (Wildman–Crippen LogP) is 3.94. The Kier molecular flexibility index (Phi) is 5.76. The Morgan fingerprint density at radius 2 is 2.04 bits per heavy atom. The Labute approximate surface area is 153 Å². The fourth-order valence-corrected chi connectivity index (χ4v) is 4.27. The van der Waals surface area contributed by atoms with Gasteiger partial charge in [-0.2, -0.15) is 0 Å². The number of nitrogens with one attached hydrogen (secondary N) is 1. The predicted molar refractivity (Wildman–Crippen MR) is 103 cm³/mol. The van der Waals surface area contributed by atoms with Gasteiger partial charge in [-0.3, -0.25) is 9.69 Å². The minimum absolute atomic E-state index is 0.0216. The number of carbonyl (C=O) groups excluding carboxylic acids is 1. The van der Waals surface area contributed by atoms with Gasteiger partial charge in [0.25, 0.3) is 5.91 Å². The third kappa shape index (κ3) is 4.22. The summed E-state index contributed by atoms with van der Waals surface area (Å²) in [5.41, 5.74) is 2.37. The molecule has 0 saturated carbocycles. The lowest BCUT2D eigenvalue weighted by atomic mass is 10.0. The van der Waals surface area contributed by atoms with Crippen molar-refractivity contribution < 1.29 is 9.53 Å². The lowest BCUT2D eigenvalue weighted by molar-refractivity contribution is 0.0942. The van der Waals surface area contributed by atoms with E-state index in [-0.39, 0.29) is 11.9 Å². The van der Waals surface area contributed by atoms with Crippen molar-refractivity contribution in [2.75, 3.05) is 26.7 Å². The Hall–Kier alpha value is -1.85. The van der Waals surface area contributed by atoms with Crippen molar-refractivity contribution in [2.24, 2.45) is 0 Å². The molecule has 5 heteroatoms. The molecule has 4 nitrogen and oxygen atoms in total. The topological polar surface area (TPSA) is 41.6 Å². The van der Waals surface area contributed by atoms with E-state index in [2.05, 4.69) is 29.3 Å². The van der Waals surface area contributed by atoms with Crippen LogP contribution in [0.5, 0.6) is 5.75 Å². The van der Waals surface area contributed by atoms with E-state index in [1.165, 1.54) is 28.8 Å². The van der Waals surface area contributed by atoms with E-state index in [0.29, 0.717) is 6.54 Å². The molecule has 1 aliphatic rings. The van der Waals surface area contributed by atoms with Crippen molar-refractivity contribution in [2.45, 2.75) is 32.7 Å². The van der Waals surface area contributed by atoms with E-state index < -0.39 is 0 Å². The van der Waals surface area contributed by atoms with Gasteiger partial charge >= 0.3 is 0 Å². The molecule has 3 rings (SSSR count). The van der Waals surface area contributed by atoms with Gasteiger partial charge in [0.05, 0.1) is 18.0 Å². The molecule has 25 heavy (non-hydrogen) atoms. The standard InChI is InChI=1S/C20H26N2O2S/c1-14-11-19(25-15(14)2)20(23)21-13-18(22-9-4-5-10-22)16-7-6-8-17(12-16)24-3/h6-8,11-12,18H,4-5,9-10,13H2,1-3H3,(H,21,23). The molecule has 1 amide bonds. The molecule has 134 valence electrons. The average molecular weight is 359 g/mol. The maximum absolute atomic E-state index is 12.5. The number of nitrogens with zero attached hydrogens (tertiary/aromatic N) is 1. The Morgan fingerprint density at radius 1 is 1.28 bits per heavy atom. The summed E-state index contributed by atoms with van der Waals surface area (Å²) in [5, 5.41) is 3.14. The van der Waals surface area contributed by atoms with Gasteiger partial charge in [0, 0.05) is 11.4 Å². The lowest BCUT2D eigenvalue weighted by Gasteiger charge is -2.28. The molecule has 1 aromatic carbocycles. The first-order chi connectivity index (χ1) is 12.1. The summed E-state index contributed by atoms with van der Waals surface area (Å²) in [6.07, 6.45) is 2.44. The molecule has 1 fully saturated rings. The number of ether oxygens (including phenoxy) is 1. The van der Waals surface area contributed by atoms with Crippen LogP contribution in [0.4, 0.5) is 0 Å². The number of amides is 1. The van der Waals surface area contributed by atoms with Crippen LogP contribution in [0, 0.1) is 13.8 Å². The van der Waals surface area contributed by atoms with Crippen LogP contribution in [-0.4, -0.2) is 37.6 Å². The van der Waals surface area contributed by atoms with Gasteiger partial charge in [0.1, 0.15) is 5.75 Å². The first-order valence-corrected chi connectivity index (χ1v) is 9.63. The second-order valence-corrected chi connectivity index (χ2v) is 7.85. The van der Waals surface area contributed by atoms with Gasteiger partial charge in [-0.1, -0.05) is 12.1 Å². The highest BCUT2D eigenvalue weighted by molar-refractivity contribution is 7.14. The number of rotatable bonds is 6. The number of hydrogen-bond donors (Lipinski definition) is 1. The highest BCUT2D eigenvalue weighted by atomic mass is 32.1. The lowest BCUT2D eigenvalue weighted by Crippen LogP contribution is -2.36. The minimum Gasteiger partial charge on any atom is -0.497 e. The van der Waals surface area contributed by atoms with Crippen LogP contribution in [0.2, 0.25) is 0 Å². The summed E-state index contributed by atoms with van der Waals surface area (Å²) in [4.78, 5) is 17.0. The molecule has 1 aliphatic heterocycles. The molecular weight excluding hydrogens is 332 g/mol. The van der Waals surface area contributed by atoms with Crippen molar-refractivity contribution in [3.05, 3.63) is 51.2 Å². The van der Waals surface area contributed by atoms with E-state index in [9.17, 15) is 4.79 Å². The monoisotopic (exact) mass is 358 g/mol. The van der Waals surface area contributed by atoms with E-state index in [4.69, 9.17) is 4.74 Å². The van der Waals surface area contributed by atoms with Crippen molar-refractivity contribution in [1.82, 2.24) is 10.2 Å². The van der Waals surface area contributed by atoms with Gasteiger partial charge in [-0.25, -0.2) is 0 Å². The summed E-state index contributed by atoms with van der Waals surface area (Å²) in [7, 11) is 1.69. The van der Waals surface area contributed by atoms with Crippen LogP contribution < -0.4 is 10.1 Å². The van der Waals surface area contributed by atoms with Gasteiger partial charge in [-0.05, 0) is 69.1 Å². The van der Waals surface area contributed by atoms with Crippen LogP contribution in [0.3, 0.4) is 0 Å². The highest BCUT2D eigenvalue weighted by Crippen LogP contribution is 2.27. The Morgan fingerprint density at radius 3 is 2.68 bits per heavy atom. The molecular formula is C20H26N2O2S. The summed E-state index contributed by atoms with van der Waals surface area (Å²) < 4.78 is 5.37. The van der Waals surface area contributed by atoms with Crippen LogP contribution >= 0.6 is 11.3 Å². The summed E-state index contributed by atoms with van der Waals surface area (Å²) in [6, 6.07) is 10.3. The molecule has 1 N–H and O–H groups in total. The fourth-order valence-electron chi connectivity index (χ4n) is 3.32. The van der Waals surface area contributed by atoms with E-state index >= 15 is 0 Å². The summed E-state index contributed by atoms with van der Waals surface area (Å²) in [5.74, 6) is 0.880. The van der Waals surface area contributed by atoms with Crippen molar-refractivity contribution >= 4 is 17.2 Å². The van der Waals surface area contributed by atoms with Crippen LogP contribution in [-0.2, 0) is 0 Å². The number of benzene rings is 1. The first-order valence-electron chi connectivity index (χ1n) is 8.81. The van der Waals surface area contributed by atoms with E-state index in [1.54, 1.807) is 18.4 Å². The maximum Gasteiger partial charge on any atom is 0.261 e. The Bertz CT molecular complexity index is 716. The zero-order chi connectivity index (χ0) is 17.8. The molecule has 2 heterocycles. The molecule has 0 aliphatic carbocycles. The van der Waals surface area contributed by atoms with Crippen molar-refractivity contribution in [1.29, 1.82) is 0 Å². The third-order valence-electron chi connectivity index (χ3n) is 4.91. The molecule has 1 unspecified atom stereocenters. The van der Waals surface area contributed by atoms with Crippen LogP contribution in [0.25, 0.3) is 0 Å². The van der Waals surface area contributed by atoms with E-state index in [1.807, 2.05) is 25.1 Å². The number of carbonyl (C=O) groups is 1. The average Bonchev–Trinajstić information content (AvgIpc) is 3.26. The van der Waals surface area contributed by atoms with Crippen LogP contribution in [0.15, 0.2) is 30.3 Å². The van der Waals surface area contributed by atoms with Gasteiger partial charge in [-0.15, -0.1) is 11.3 Å². The second-order valence-electron chi connectivity index (χ2n) is 6.60. The molecule has 0 radical (unpaired) electrons. The fraction of sp³-hybridized carbons (Fsp3) is 0.450. The van der Waals surface area contributed by atoms with Gasteiger partial charge in [0.15, 0.2) is 0 Å². The number of aryl methyl sites for hydroxylation is 2. The zero-order valence-electron chi connectivity index (χ0n) is 15.2. The van der Waals surface area contributed by atoms with Gasteiger partial charge < -0.3 is 10.1 Å². The maximum atomic E-state index is 12.5. The molecule has 1 atom stereocenters. The first kappa shape index (κ1) is 18.0. The molecule has 2 aromatic rings. The number of thiophene rings is 1. The van der Waals surface area contributed by atoms with E-state index in [0.717, 1.165) is 23.7 Å². The van der Waals surface area contributed by atoms with Gasteiger partial charge in [0.2, 0.25) is 0 Å². The number of likely N-dealkylation sites (tertiary alicyclic amines) is 1. The second kappa shape index (κ2) is 8.02. The normalized spacial score (nSPS) is 16.0. The molecule has 0 bridgehead atoms. The molecule has 1 aromatic heterocycles. The van der Waals surface area contributed by atoms with Crippen LogP contribution in [0.1, 0.15) is 44.6 Å². The largest absolute Gasteiger partial charge is 0.497 e. The molecule has 1 saturated heterocycles. The number of hydrogen-bond acceptors (Lipinski definition) is 4. The van der Waals surface area contributed by atoms with Crippen molar-refractivity contribution in [3.8, 4) is 5.75 Å². The summed E-state index contributed by atoms with van der Waals surface area (Å²) in [6.45, 7) is 6.87. The zero-order valence-corrected chi connectivity index (χ0v) is 16.0. The highest BCUT2D eigenvalue weighted by Gasteiger charge is 2.24. The smallest absolute Gasteiger partial charge is 0.261 e. The van der Waals surface area contributed by atoms with Crippen molar-refractivity contribution in [3.63, 3.8) is 0 Å². The Balaban J connectivity index is 1.74. The SMILES string of the molecule is COc1cccc(C(CNC(=O)c2cc(C)c(C)s2)N2CCCC2)c1. The third-order valence-corrected chi connectivity index (χ3v) is 6.06. The number of methoxy groups -OCH3 is 1. The quantitative estimate of drug-likeness (QED) is 0.850. The summed E-state index contributed by atoms with van der Waals surface area (Å²) >= 11 is 1.56. The minimum atomic E-state index is 0.0216. The molecule has 0 spiro atoms.